The number of rotatable bonds is 7. The van der Waals surface area contributed by atoms with Gasteiger partial charge >= 0.3 is 0 Å². The first kappa shape index (κ1) is 24.0. The number of ether oxygens (including phenoxy) is 3. The highest BCUT2D eigenvalue weighted by Crippen LogP contribution is 2.43. The van der Waals surface area contributed by atoms with Crippen LogP contribution < -0.4 is 9.64 Å². The van der Waals surface area contributed by atoms with Crippen molar-refractivity contribution in [2.24, 2.45) is 5.92 Å². The van der Waals surface area contributed by atoms with Gasteiger partial charge in [-0.25, -0.2) is 9.37 Å². The van der Waals surface area contributed by atoms with Crippen LogP contribution in [0.5, 0.6) is 5.88 Å². The molecule has 186 valence electrons. The molecule has 3 atom stereocenters. The second-order valence-electron chi connectivity index (χ2n) is 9.43. The highest BCUT2D eigenvalue weighted by Gasteiger charge is 2.44. The topological polar surface area (TPSA) is 74.5 Å². The summed E-state index contributed by atoms with van der Waals surface area (Å²) in [6, 6.07) is 8.37. The van der Waals surface area contributed by atoms with Crippen LogP contribution >= 0.6 is 11.6 Å². The molecule has 5 rings (SSSR count). The fourth-order valence-corrected chi connectivity index (χ4v) is 5.32. The Balaban J connectivity index is 1.48. The van der Waals surface area contributed by atoms with Gasteiger partial charge in [0.1, 0.15) is 12.4 Å². The van der Waals surface area contributed by atoms with Crippen LogP contribution in [0.4, 0.5) is 10.3 Å². The number of pyridine rings is 1. The van der Waals surface area contributed by atoms with Gasteiger partial charge in [-0.15, -0.1) is 10.2 Å². The van der Waals surface area contributed by atoms with Gasteiger partial charge in [-0.1, -0.05) is 31.5 Å². The molecule has 2 aromatic heterocycles. The maximum atomic E-state index is 13.7. The Kier molecular flexibility index (Phi) is 6.65. The smallest absolute Gasteiger partial charge is 0.232 e. The summed E-state index contributed by atoms with van der Waals surface area (Å²) >= 11 is 6.48. The maximum Gasteiger partial charge on any atom is 0.232 e. The third kappa shape index (κ3) is 4.60. The van der Waals surface area contributed by atoms with Crippen molar-refractivity contribution in [3.63, 3.8) is 0 Å². The van der Waals surface area contributed by atoms with E-state index in [1.54, 1.807) is 19.4 Å². The Hall–Kier alpha value is -2.75. The average Bonchev–Trinajstić information content (AvgIpc) is 3.57. The number of aromatic nitrogens is 4. The van der Waals surface area contributed by atoms with Crippen molar-refractivity contribution in [2.75, 3.05) is 38.3 Å². The quantitative estimate of drug-likeness (QED) is 0.480. The lowest BCUT2D eigenvalue weighted by molar-refractivity contribution is 0.0277. The second kappa shape index (κ2) is 9.72. The van der Waals surface area contributed by atoms with E-state index in [-0.39, 0.29) is 23.3 Å². The Morgan fingerprint density at radius 1 is 1.26 bits per heavy atom. The van der Waals surface area contributed by atoms with E-state index in [4.69, 9.17) is 25.8 Å². The molecule has 4 heterocycles. The summed E-state index contributed by atoms with van der Waals surface area (Å²) in [5.74, 6) is 1.80. The van der Waals surface area contributed by atoms with E-state index in [1.165, 1.54) is 12.1 Å². The number of anilines is 1. The fourth-order valence-electron chi connectivity index (χ4n) is 4.94. The Labute approximate surface area is 209 Å². The summed E-state index contributed by atoms with van der Waals surface area (Å²) in [5.41, 5.74) is 1.45. The zero-order chi connectivity index (χ0) is 24.6. The fraction of sp³-hybridized carbons (Fsp3) is 0.480. The molecule has 0 bridgehead atoms. The number of nitrogens with zero attached hydrogens (tertiary/aromatic N) is 5. The van der Waals surface area contributed by atoms with Gasteiger partial charge < -0.3 is 19.1 Å². The lowest BCUT2D eigenvalue weighted by Gasteiger charge is -2.30. The van der Waals surface area contributed by atoms with Crippen LogP contribution in [0.2, 0.25) is 5.02 Å². The summed E-state index contributed by atoms with van der Waals surface area (Å²) in [6.45, 7) is 7.34. The monoisotopic (exact) mass is 501 g/mol. The van der Waals surface area contributed by atoms with Crippen molar-refractivity contribution in [1.82, 2.24) is 19.7 Å². The molecule has 0 radical (unpaired) electrons. The van der Waals surface area contributed by atoms with E-state index in [0.29, 0.717) is 49.0 Å². The molecule has 35 heavy (non-hydrogen) atoms. The molecule has 0 aliphatic carbocycles. The molecule has 0 saturated carbocycles. The third-order valence-electron chi connectivity index (χ3n) is 7.17. The van der Waals surface area contributed by atoms with Gasteiger partial charge in [0.2, 0.25) is 11.8 Å². The highest BCUT2D eigenvalue weighted by molar-refractivity contribution is 6.31. The molecule has 10 heteroatoms. The predicted octanol–water partition coefficient (Wildman–Crippen LogP) is 4.18. The Morgan fingerprint density at radius 3 is 2.80 bits per heavy atom. The summed E-state index contributed by atoms with van der Waals surface area (Å²) in [7, 11) is 1.59. The molecule has 2 saturated heterocycles. The van der Waals surface area contributed by atoms with Gasteiger partial charge in [0.05, 0.1) is 31.7 Å². The molecule has 3 aromatic rings. The van der Waals surface area contributed by atoms with Crippen LogP contribution in [0.25, 0.3) is 5.69 Å². The van der Waals surface area contributed by atoms with Crippen LogP contribution in [0.1, 0.15) is 31.7 Å². The van der Waals surface area contributed by atoms with Gasteiger partial charge in [0.25, 0.3) is 0 Å². The third-order valence-corrected chi connectivity index (χ3v) is 7.48. The number of methoxy groups -OCH3 is 1. The molecular weight excluding hydrogens is 473 g/mol. The maximum absolute atomic E-state index is 13.7. The van der Waals surface area contributed by atoms with Crippen LogP contribution in [0.3, 0.4) is 0 Å². The lowest BCUT2D eigenvalue weighted by Crippen LogP contribution is -2.32. The Morgan fingerprint density at radius 2 is 2.11 bits per heavy atom. The normalized spacial score (nSPS) is 24.3. The van der Waals surface area contributed by atoms with Gasteiger partial charge in [-0.05, 0) is 36.1 Å². The lowest BCUT2D eigenvalue weighted by atomic mass is 9.75. The van der Waals surface area contributed by atoms with Gasteiger partial charge in [0.15, 0.2) is 5.82 Å². The van der Waals surface area contributed by atoms with Crippen LogP contribution in [0.15, 0.2) is 36.5 Å². The molecule has 8 nitrogen and oxygen atoms in total. The van der Waals surface area contributed by atoms with E-state index in [0.717, 1.165) is 24.2 Å². The van der Waals surface area contributed by atoms with Crippen LogP contribution in [-0.4, -0.2) is 59.3 Å². The summed E-state index contributed by atoms with van der Waals surface area (Å²) in [6.07, 6.45) is 2.66. The van der Waals surface area contributed by atoms with Crippen LogP contribution in [-0.2, 0) is 21.5 Å². The van der Waals surface area contributed by atoms with E-state index in [9.17, 15) is 4.39 Å². The first-order chi connectivity index (χ1) is 16.9. The number of benzene rings is 1. The number of hydrogen-bond donors (Lipinski definition) is 0. The molecular formula is C25H29ClFN5O3. The van der Waals surface area contributed by atoms with Crippen molar-refractivity contribution < 1.29 is 18.6 Å². The van der Waals surface area contributed by atoms with Crippen molar-refractivity contribution in [3.05, 3.63) is 58.8 Å². The molecule has 2 aliphatic rings. The molecule has 2 fully saturated rings. The molecule has 2 aliphatic heterocycles. The van der Waals surface area contributed by atoms with Crippen molar-refractivity contribution in [1.29, 1.82) is 0 Å². The summed E-state index contributed by atoms with van der Waals surface area (Å²) in [4.78, 5) is 6.58. The minimum atomic E-state index is -0.339. The van der Waals surface area contributed by atoms with Crippen molar-refractivity contribution in [2.45, 2.75) is 38.4 Å². The second-order valence-corrected chi connectivity index (χ2v) is 9.84. The zero-order valence-electron chi connectivity index (χ0n) is 20.1. The molecule has 0 amide bonds. The highest BCUT2D eigenvalue weighted by atomic mass is 35.5. The average molecular weight is 502 g/mol. The summed E-state index contributed by atoms with van der Waals surface area (Å²) < 4.78 is 32.4. The largest absolute Gasteiger partial charge is 0.481 e. The zero-order valence-corrected chi connectivity index (χ0v) is 20.8. The SMILES string of the molecule is COc1ccc(-n2c(CO[C@H]3CCOC3)nnc2N2C[C@H](C)[C@@](C)(c3ccc(F)cc3Cl)C2)cn1. The van der Waals surface area contributed by atoms with Crippen molar-refractivity contribution >= 4 is 17.5 Å². The minimum Gasteiger partial charge on any atom is -0.481 e. The minimum absolute atomic E-state index is 0.0494. The predicted molar refractivity (Wildman–Crippen MR) is 130 cm³/mol. The standard InChI is InChI=1S/C25H29ClFN5O3/c1-16-12-31(15-25(16,2)20-6-4-17(27)10-21(20)26)24-30-29-22(14-35-19-8-9-34-13-19)32(24)18-5-7-23(33-3)28-11-18/h4-7,10-11,16,19H,8-9,12-15H2,1-3H3/t16-,19-,25-/m0/s1. The van der Waals surface area contributed by atoms with E-state index in [2.05, 4.69) is 33.9 Å². The molecule has 0 unspecified atom stereocenters. The first-order valence-corrected chi connectivity index (χ1v) is 12.1. The first-order valence-electron chi connectivity index (χ1n) is 11.7. The van der Waals surface area contributed by atoms with E-state index < -0.39 is 0 Å². The van der Waals surface area contributed by atoms with Crippen LogP contribution in [0, 0.1) is 11.7 Å². The van der Waals surface area contributed by atoms with E-state index in [1.807, 2.05) is 16.7 Å². The van der Waals surface area contributed by atoms with Crippen molar-refractivity contribution in [3.8, 4) is 11.6 Å². The van der Waals surface area contributed by atoms with Gasteiger partial charge in [-0.2, -0.15) is 0 Å². The molecule has 0 N–H and O–H groups in total. The molecule has 1 aromatic carbocycles. The summed E-state index contributed by atoms with van der Waals surface area (Å²) in [5, 5.41) is 9.49. The van der Waals surface area contributed by atoms with E-state index >= 15 is 0 Å². The van der Waals surface area contributed by atoms with Gasteiger partial charge in [-0.3, -0.25) is 4.57 Å². The number of hydrogen-bond acceptors (Lipinski definition) is 7. The Bertz CT molecular complexity index is 1180. The number of halogens is 2. The molecule has 0 spiro atoms. The van der Waals surface area contributed by atoms with Gasteiger partial charge in [0, 0.05) is 36.2 Å².